The predicted octanol–water partition coefficient (Wildman–Crippen LogP) is 0.757. The maximum absolute atomic E-state index is 11.8. The van der Waals surface area contributed by atoms with Gasteiger partial charge >= 0.3 is 5.56 Å². The van der Waals surface area contributed by atoms with Crippen molar-refractivity contribution in [3.05, 3.63) is 45.0 Å². The average molecular weight is 280 g/mol. The molecule has 2 unspecified atom stereocenters. The number of nitrogens with one attached hydrogen (secondary N) is 2. The van der Waals surface area contributed by atoms with Gasteiger partial charge < -0.3 is 15.5 Å². The Morgan fingerprint density at radius 2 is 1.89 bits per heavy atom. The molecule has 1 aliphatic carbocycles. The van der Waals surface area contributed by atoms with Crippen molar-refractivity contribution in [3.8, 4) is 0 Å². The first-order valence-electron chi connectivity index (χ1n) is 6.23. The highest BCUT2D eigenvalue weighted by molar-refractivity contribution is 5.85. The number of hydrogen-bond donors (Lipinski definition) is 2. The second-order valence-corrected chi connectivity index (χ2v) is 5.23. The lowest BCUT2D eigenvalue weighted by Gasteiger charge is -2.19. The van der Waals surface area contributed by atoms with Crippen LogP contribution >= 0.6 is 12.4 Å². The van der Waals surface area contributed by atoms with Crippen LogP contribution in [0, 0.1) is 5.21 Å². The minimum atomic E-state index is -0.350. The number of hydrogen-bond acceptors (Lipinski definition) is 3. The monoisotopic (exact) mass is 279 g/mol. The van der Waals surface area contributed by atoms with E-state index in [2.05, 4.69) is 10.3 Å². The summed E-state index contributed by atoms with van der Waals surface area (Å²) in [6.07, 6.45) is 2.20. The normalized spacial score (nSPS) is 24.0. The van der Waals surface area contributed by atoms with E-state index >= 15 is 0 Å². The minimum absolute atomic E-state index is 0. The highest BCUT2D eigenvalue weighted by atomic mass is 35.5. The number of aromatic amines is 1. The summed E-state index contributed by atoms with van der Waals surface area (Å²) in [6.45, 7) is 1.97. The summed E-state index contributed by atoms with van der Waals surface area (Å²) in [4.78, 5) is 14.1. The summed E-state index contributed by atoms with van der Waals surface area (Å²) >= 11 is 0. The Labute approximate surface area is 115 Å². The maximum Gasteiger partial charge on any atom is 0.314 e. The number of benzene rings is 1. The van der Waals surface area contributed by atoms with Crippen LogP contribution in [-0.4, -0.2) is 18.1 Å². The first-order valence-corrected chi connectivity index (χ1v) is 6.23. The van der Waals surface area contributed by atoms with Crippen LogP contribution in [0.25, 0.3) is 11.0 Å². The van der Waals surface area contributed by atoms with Gasteiger partial charge in [0.25, 0.3) is 0 Å². The van der Waals surface area contributed by atoms with Crippen molar-refractivity contribution in [2.75, 3.05) is 13.1 Å². The van der Waals surface area contributed by atoms with Crippen LogP contribution in [0.2, 0.25) is 0 Å². The van der Waals surface area contributed by atoms with Crippen molar-refractivity contribution in [1.29, 1.82) is 0 Å². The maximum atomic E-state index is 11.8. The smallest absolute Gasteiger partial charge is 0.314 e. The molecular weight excluding hydrogens is 266 g/mol. The Morgan fingerprint density at radius 1 is 1.21 bits per heavy atom. The van der Waals surface area contributed by atoms with E-state index in [4.69, 9.17) is 0 Å². The SMILES string of the molecule is Cl.O=c1c[n+]([O-])c2cc3c(cc2[nH]1)C1CNCC3C1. The minimum Gasteiger partial charge on any atom is -0.618 e. The van der Waals surface area contributed by atoms with Gasteiger partial charge in [-0.2, -0.15) is 4.73 Å². The van der Waals surface area contributed by atoms with Gasteiger partial charge in [-0.15, -0.1) is 12.4 Å². The Kier molecular flexibility index (Phi) is 2.76. The van der Waals surface area contributed by atoms with Gasteiger partial charge in [0.1, 0.15) is 5.52 Å². The van der Waals surface area contributed by atoms with E-state index in [-0.39, 0.29) is 18.0 Å². The van der Waals surface area contributed by atoms with Gasteiger partial charge in [0.15, 0.2) is 0 Å². The fraction of sp³-hybridized carbons (Fsp3) is 0.385. The van der Waals surface area contributed by atoms with Crippen LogP contribution in [0.15, 0.2) is 23.1 Å². The van der Waals surface area contributed by atoms with Gasteiger partial charge in [0.2, 0.25) is 11.7 Å². The number of nitrogens with zero attached hydrogens (tertiary/aromatic N) is 1. The van der Waals surface area contributed by atoms with E-state index < -0.39 is 0 Å². The van der Waals surface area contributed by atoms with Crippen LogP contribution in [0.3, 0.4) is 0 Å². The summed E-state index contributed by atoms with van der Waals surface area (Å²) in [6, 6.07) is 3.93. The number of rotatable bonds is 0. The van der Waals surface area contributed by atoms with Gasteiger partial charge in [-0.1, -0.05) is 0 Å². The zero-order chi connectivity index (χ0) is 12.3. The molecule has 0 saturated carbocycles. The van der Waals surface area contributed by atoms with Gasteiger partial charge in [-0.3, -0.25) is 4.79 Å². The average Bonchev–Trinajstić information content (AvgIpc) is 2.59. The second kappa shape index (κ2) is 4.21. The highest BCUT2D eigenvalue weighted by Gasteiger charge is 2.35. The van der Waals surface area contributed by atoms with Gasteiger partial charge in [-0.05, 0) is 35.4 Å². The Balaban J connectivity index is 0.00000110. The van der Waals surface area contributed by atoms with Crippen LogP contribution in [-0.2, 0) is 0 Å². The molecule has 100 valence electrons. The molecule has 2 bridgehead atoms. The lowest BCUT2D eigenvalue weighted by Crippen LogP contribution is -2.32. The van der Waals surface area contributed by atoms with E-state index in [1.165, 1.54) is 11.1 Å². The number of aromatic nitrogens is 2. The molecule has 1 aromatic carbocycles. The first kappa shape index (κ1) is 12.4. The molecule has 0 spiro atoms. The molecule has 1 aliphatic heterocycles. The topological polar surface area (TPSA) is 71.8 Å². The van der Waals surface area contributed by atoms with Gasteiger partial charge in [0.05, 0.1) is 0 Å². The van der Waals surface area contributed by atoms with Crippen LogP contribution in [0.1, 0.15) is 29.4 Å². The molecule has 2 heterocycles. The molecule has 0 amide bonds. The molecule has 2 aliphatic rings. The highest BCUT2D eigenvalue weighted by Crippen LogP contribution is 2.44. The predicted molar refractivity (Wildman–Crippen MR) is 73.7 cm³/mol. The standard InChI is InChI=1S/C13H13N3O2.ClH/c17-13-6-16(18)12-3-10-8-1-7(4-14-5-8)9(10)2-11(12)15-13;/h2-3,6-8,14H,1,4-5H2,(H,15,17);1H. The summed E-state index contributed by atoms with van der Waals surface area (Å²) in [5.41, 5.74) is 3.41. The summed E-state index contributed by atoms with van der Waals surface area (Å²) in [5.74, 6) is 1.03. The molecule has 5 nitrogen and oxygen atoms in total. The third-order valence-electron chi connectivity index (χ3n) is 4.16. The quantitative estimate of drug-likeness (QED) is 0.552. The Morgan fingerprint density at radius 3 is 2.63 bits per heavy atom. The number of H-pyrrole nitrogens is 1. The van der Waals surface area contributed by atoms with E-state index in [1.54, 1.807) is 0 Å². The van der Waals surface area contributed by atoms with Crippen molar-refractivity contribution >= 4 is 23.4 Å². The molecule has 2 aromatic rings. The lowest BCUT2D eigenvalue weighted by molar-refractivity contribution is -0.578. The van der Waals surface area contributed by atoms with Crippen molar-refractivity contribution in [2.24, 2.45) is 0 Å². The molecule has 1 fully saturated rings. The molecule has 1 aromatic heterocycles. The van der Waals surface area contributed by atoms with Gasteiger partial charge in [-0.25, -0.2) is 0 Å². The molecule has 1 saturated heterocycles. The molecule has 4 rings (SSSR count). The van der Waals surface area contributed by atoms with E-state index in [0.29, 0.717) is 27.6 Å². The van der Waals surface area contributed by atoms with Crippen molar-refractivity contribution in [1.82, 2.24) is 10.3 Å². The molecule has 2 atom stereocenters. The van der Waals surface area contributed by atoms with Crippen molar-refractivity contribution in [3.63, 3.8) is 0 Å². The van der Waals surface area contributed by atoms with Crippen LogP contribution in [0.4, 0.5) is 0 Å². The Bertz CT molecular complexity index is 713. The molecule has 19 heavy (non-hydrogen) atoms. The molecule has 0 radical (unpaired) electrons. The van der Waals surface area contributed by atoms with E-state index in [1.807, 2.05) is 12.1 Å². The number of piperidine rings is 1. The molecule has 2 N–H and O–H groups in total. The largest absolute Gasteiger partial charge is 0.618 e. The van der Waals surface area contributed by atoms with Crippen LogP contribution < -0.4 is 15.6 Å². The van der Waals surface area contributed by atoms with E-state index in [9.17, 15) is 10.0 Å². The zero-order valence-corrected chi connectivity index (χ0v) is 11.0. The lowest BCUT2D eigenvalue weighted by atomic mass is 9.98. The summed E-state index contributed by atoms with van der Waals surface area (Å²) < 4.78 is 0.671. The number of halogens is 1. The fourth-order valence-corrected chi connectivity index (χ4v) is 3.37. The van der Waals surface area contributed by atoms with Crippen molar-refractivity contribution in [2.45, 2.75) is 18.3 Å². The van der Waals surface area contributed by atoms with Gasteiger partial charge in [0, 0.05) is 19.2 Å². The first-order chi connectivity index (χ1) is 8.72. The summed E-state index contributed by atoms with van der Waals surface area (Å²) in [5, 5.41) is 15.2. The Hall–Kier alpha value is -1.59. The molecule has 6 heteroatoms. The third kappa shape index (κ3) is 1.73. The molecular formula is C13H14ClN3O2. The fourth-order valence-electron chi connectivity index (χ4n) is 3.37. The summed E-state index contributed by atoms with van der Waals surface area (Å²) in [7, 11) is 0. The second-order valence-electron chi connectivity index (χ2n) is 5.23. The van der Waals surface area contributed by atoms with Crippen LogP contribution in [0.5, 0.6) is 0 Å². The number of fused-ring (bicyclic) bond motifs is 6. The van der Waals surface area contributed by atoms with Crippen molar-refractivity contribution < 1.29 is 4.73 Å². The third-order valence-corrected chi connectivity index (χ3v) is 4.16. The zero-order valence-electron chi connectivity index (χ0n) is 10.2. The van der Waals surface area contributed by atoms with E-state index in [0.717, 1.165) is 25.7 Å².